The summed E-state index contributed by atoms with van der Waals surface area (Å²) in [6.07, 6.45) is 2.92. The average molecular weight is 374 g/mol. The van der Waals surface area contributed by atoms with Crippen LogP contribution in [0.15, 0.2) is 42.5 Å². The summed E-state index contributed by atoms with van der Waals surface area (Å²) in [4.78, 5) is 11.6. The fourth-order valence-corrected chi connectivity index (χ4v) is 4.25. The molecule has 3 rings (SSSR count). The number of aliphatic hydroxyl groups is 1. The van der Waals surface area contributed by atoms with Crippen LogP contribution in [-0.2, 0) is 9.53 Å². The first-order valence-corrected chi connectivity index (χ1v) is 9.63. The van der Waals surface area contributed by atoms with Crippen LogP contribution in [0.4, 0.5) is 0 Å². The molecule has 2 aliphatic rings. The molecule has 4 atom stereocenters. The van der Waals surface area contributed by atoms with Crippen molar-refractivity contribution in [3.63, 3.8) is 0 Å². The number of benzene rings is 1. The second kappa shape index (κ2) is 8.47. The Bertz CT molecular complexity index is 650. The molecule has 2 fully saturated rings. The fourth-order valence-electron chi connectivity index (χ4n) is 4.25. The molecule has 149 valence electrons. The molecule has 0 aromatic heterocycles. The van der Waals surface area contributed by atoms with Crippen molar-refractivity contribution < 1.29 is 19.4 Å². The van der Waals surface area contributed by atoms with Crippen LogP contribution in [0, 0.1) is 23.7 Å². The molecular weight excluding hydrogens is 340 g/mol. The first kappa shape index (κ1) is 21.5. The van der Waals surface area contributed by atoms with Gasteiger partial charge in [-0.1, -0.05) is 45.5 Å². The molecule has 1 aromatic rings. The number of para-hydroxylation sites is 1. The SMILES string of the molecule is C=C(C)C(=O)OC1C[C@H]2CC[C@@]1(C)C2(C)C.[CH2]C(O)COc1ccccc1. The third-order valence-electron chi connectivity index (χ3n) is 6.50. The van der Waals surface area contributed by atoms with E-state index >= 15 is 0 Å². The molecule has 0 saturated heterocycles. The Morgan fingerprint density at radius 3 is 2.37 bits per heavy atom. The standard InChI is InChI=1S/C14H22O2.C9H11O2/c1-9(2)12(15)16-11-8-10-6-7-14(11,5)13(10,3)4;1-8(10)7-11-9-5-3-2-4-6-9/h10-11H,1,6-8H2,2-5H3;2-6,8,10H,1,7H2/t10-,11?,14-;/m1./s1. The van der Waals surface area contributed by atoms with E-state index in [1.54, 1.807) is 6.92 Å². The van der Waals surface area contributed by atoms with Crippen LogP contribution in [0.3, 0.4) is 0 Å². The number of rotatable bonds is 5. The van der Waals surface area contributed by atoms with Gasteiger partial charge < -0.3 is 14.6 Å². The van der Waals surface area contributed by atoms with Crippen LogP contribution in [-0.4, -0.2) is 29.9 Å². The zero-order valence-electron chi connectivity index (χ0n) is 17.0. The summed E-state index contributed by atoms with van der Waals surface area (Å²) in [5.41, 5.74) is 0.958. The number of aliphatic hydroxyl groups excluding tert-OH is 1. The summed E-state index contributed by atoms with van der Waals surface area (Å²) in [5, 5.41) is 8.78. The van der Waals surface area contributed by atoms with Crippen molar-refractivity contribution in [3.05, 3.63) is 49.4 Å². The van der Waals surface area contributed by atoms with Crippen LogP contribution < -0.4 is 4.74 Å². The molecule has 2 aliphatic carbocycles. The molecule has 1 aromatic carbocycles. The van der Waals surface area contributed by atoms with Crippen LogP contribution in [0.5, 0.6) is 5.75 Å². The summed E-state index contributed by atoms with van der Waals surface area (Å²) in [7, 11) is 0. The van der Waals surface area contributed by atoms with Crippen LogP contribution >= 0.6 is 0 Å². The summed E-state index contributed by atoms with van der Waals surface area (Å²) >= 11 is 0. The average Bonchev–Trinajstić information content (AvgIpc) is 2.95. The van der Waals surface area contributed by atoms with Gasteiger partial charge in [0.15, 0.2) is 0 Å². The van der Waals surface area contributed by atoms with Crippen molar-refractivity contribution in [3.8, 4) is 5.75 Å². The molecule has 27 heavy (non-hydrogen) atoms. The molecule has 4 nitrogen and oxygen atoms in total. The Morgan fingerprint density at radius 2 is 1.93 bits per heavy atom. The van der Waals surface area contributed by atoms with Gasteiger partial charge in [-0.3, -0.25) is 0 Å². The van der Waals surface area contributed by atoms with Gasteiger partial charge in [-0.15, -0.1) is 0 Å². The predicted octanol–water partition coefficient (Wildman–Crippen LogP) is 4.58. The van der Waals surface area contributed by atoms with E-state index in [2.05, 4.69) is 34.3 Å². The molecule has 0 amide bonds. The zero-order chi connectivity index (χ0) is 20.2. The van der Waals surface area contributed by atoms with Crippen molar-refractivity contribution in [1.29, 1.82) is 0 Å². The number of carbonyl (C=O) groups excluding carboxylic acids is 1. The normalized spacial score (nSPS) is 28.7. The van der Waals surface area contributed by atoms with E-state index in [1.165, 1.54) is 12.8 Å². The van der Waals surface area contributed by atoms with Gasteiger partial charge in [0.05, 0.1) is 6.10 Å². The molecule has 2 unspecified atom stereocenters. The summed E-state index contributed by atoms with van der Waals surface area (Å²) in [5.74, 6) is 1.24. The largest absolute Gasteiger partial charge is 0.491 e. The van der Waals surface area contributed by atoms with Gasteiger partial charge in [-0.05, 0) is 56.6 Å². The summed E-state index contributed by atoms with van der Waals surface area (Å²) in [6.45, 7) is 15.9. The lowest BCUT2D eigenvalue weighted by Gasteiger charge is -2.38. The number of fused-ring (bicyclic) bond motifs is 2. The third-order valence-corrected chi connectivity index (χ3v) is 6.50. The number of esters is 1. The molecule has 0 spiro atoms. The highest BCUT2D eigenvalue weighted by atomic mass is 16.5. The molecule has 1 radical (unpaired) electrons. The van der Waals surface area contributed by atoms with Gasteiger partial charge in [0, 0.05) is 11.0 Å². The van der Waals surface area contributed by atoms with E-state index in [4.69, 9.17) is 14.6 Å². The van der Waals surface area contributed by atoms with E-state index < -0.39 is 6.10 Å². The monoisotopic (exact) mass is 373 g/mol. The van der Waals surface area contributed by atoms with Crippen LogP contribution in [0.25, 0.3) is 0 Å². The third kappa shape index (κ3) is 4.73. The van der Waals surface area contributed by atoms with Gasteiger partial charge >= 0.3 is 5.97 Å². The number of carbonyl (C=O) groups is 1. The van der Waals surface area contributed by atoms with E-state index in [-0.39, 0.29) is 24.1 Å². The van der Waals surface area contributed by atoms with E-state index in [1.807, 2.05) is 30.3 Å². The second-order valence-corrected chi connectivity index (χ2v) is 8.56. The Kier molecular flexibility index (Phi) is 6.74. The van der Waals surface area contributed by atoms with E-state index in [0.717, 1.165) is 12.2 Å². The molecule has 1 N–H and O–H groups in total. The molecular formula is C23H33O4. The lowest BCUT2D eigenvalue weighted by molar-refractivity contribution is -0.151. The minimum atomic E-state index is -0.657. The van der Waals surface area contributed by atoms with Crippen LogP contribution in [0.2, 0.25) is 0 Å². The highest BCUT2D eigenvalue weighted by Gasteiger charge is 2.62. The predicted molar refractivity (Wildman–Crippen MR) is 107 cm³/mol. The molecule has 2 saturated carbocycles. The molecule has 0 heterocycles. The first-order chi connectivity index (χ1) is 12.6. The van der Waals surface area contributed by atoms with Gasteiger partial charge in [-0.25, -0.2) is 4.79 Å². The lowest BCUT2D eigenvalue weighted by atomic mass is 9.70. The van der Waals surface area contributed by atoms with Crippen LogP contribution in [0.1, 0.15) is 47.0 Å². The highest BCUT2D eigenvalue weighted by Crippen LogP contribution is 2.66. The van der Waals surface area contributed by atoms with E-state index in [0.29, 0.717) is 16.9 Å². The minimum absolute atomic E-state index is 0.0884. The van der Waals surface area contributed by atoms with Gasteiger partial charge in [-0.2, -0.15) is 0 Å². The number of ether oxygens (including phenoxy) is 2. The maximum Gasteiger partial charge on any atom is 0.333 e. The minimum Gasteiger partial charge on any atom is -0.491 e. The maximum atomic E-state index is 11.6. The number of hydrogen-bond donors (Lipinski definition) is 1. The Hall–Kier alpha value is -1.81. The Morgan fingerprint density at radius 1 is 1.30 bits per heavy atom. The lowest BCUT2D eigenvalue weighted by Crippen LogP contribution is -2.38. The van der Waals surface area contributed by atoms with Crippen molar-refractivity contribution in [2.45, 2.75) is 59.2 Å². The topological polar surface area (TPSA) is 55.8 Å². The zero-order valence-corrected chi connectivity index (χ0v) is 17.0. The summed E-state index contributed by atoms with van der Waals surface area (Å²) < 4.78 is 10.8. The van der Waals surface area contributed by atoms with Crippen molar-refractivity contribution in [1.82, 2.24) is 0 Å². The van der Waals surface area contributed by atoms with E-state index in [9.17, 15) is 4.79 Å². The van der Waals surface area contributed by atoms with Crippen molar-refractivity contribution >= 4 is 5.97 Å². The van der Waals surface area contributed by atoms with Gasteiger partial charge in [0.2, 0.25) is 0 Å². The maximum absolute atomic E-state index is 11.6. The second-order valence-electron chi connectivity index (χ2n) is 8.56. The fraction of sp³-hybridized carbons (Fsp3) is 0.565. The quantitative estimate of drug-likeness (QED) is 0.606. The Labute approximate surface area is 163 Å². The first-order valence-electron chi connectivity index (χ1n) is 9.63. The van der Waals surface area contributed by atoms with Crippen molar-refractivity contribution in [2.24, 2.45) is 16.7 Å². The smallest absolute Gasteiger partial charge is 0.333 e. The Balaban J connectivity index is 0.000000208. The highest BCUT2D eigenvalue weighted by molar-refractivity contribution is 5.87. The van der Waals surface area contributed by atoms with Gasteiger partial charge in [0.1, 0.15) is 18.5 Å². The number of hydrogen-bond acceptors (Lipinski definition) is 4. The molecule has 4 heteroatoms. The molecule has 0 aliphatic heterocycles. The molecule has 2 bridgehead atoms. The van der Waals surface area contributed by atoms with Crippen molar-refractivity contribution in [2.75, 3.05) is 6.61 Å². The summed E-state index contributed by atoms with van der Waals surface area (Å²) in [6, 6.07) is 9.34. The van der Waals surface area contributed by atoms with Gasteiger partial charge in [0.25, 0.3) is 0 Å².